The van der Waals surface area contributed by atoms with E-state index in [1.807, 2.05) is 0 Å². The van der Waals surface area contributed by atoms with Crippen LogP contribution in [0, 0.1) is 0 Å². The van der Waals surface area contributed by atoms with E-state index in [-0.39, 0.29) is 76.4 Å². The first kappa shape index (κ1) is 13.2. The van der Waals surface area contributed by atoms with Gasteiger partial charge in [-0.1, -0.05) is 18.7 Å². The van der Waals surface area contributed by atoms with Gasteiger partial charge < -0.3 is 12.9 Å². The van der Waals surface area contributed by atoms with Crippen molar-refractivity contribution in [2.24, 2.45) is 0 Å². The average Bonchev–Trinajstić information content (AvgIpc) is 2.10. The second-order valence-corrected chi connectivity index (χ2v) is 3.44. The molecule has 6 heteroatoms. The van der Waals surface area contributed by atoms with E-state index in [0.29, 0.717) is 0 Å². The molecule has 0 aromatic heterocycles. The molecule has 0 saturated heterocycles. The fourth-order valence-electron chi connectivity index (χ4n) is 1.33. The van der Waals surface area contributed by atoms with Crippen molar-refractivity contribution in [2.45, 2.75) is 31.5 Å². The van der Waals surface area contributed by atoms with Gasteiger partial charge >= 0.3 is 58.4 Å². The van der Waals surface area contributed by atoms with Crippen LogP contribution in [0.25, 0.3) is 0 Å². The summed E-state index contributed by atoms with van der Waals surface area (Å²) in [5.41, 5.74) is 0. The number of ketones is 1. The molecule has 0 radical (unpaired) electrons. The van der Waals surface area contributed by atoms with Gasteiger partial charge in [0.05, 0.1) is 0 Å². The van der Waals surface area contributed by atoms with Crippen LogP contribution in [0.1, 0.15) is 26.2 Å². The van der Waals surface area contributed by atoms with Crippen LogP contribution in [0.2, 0.25) is 5.31 Å². The molecule has 1 nitrogen and oxygen atoms in total. The maximum absolute atomic E-state index is 12.2. The van der Waals surface area contributed by atoms with E-state index in [1.54, 1.807) is 0 Å². The van der Waals surface area contributed by atoms with Crippen molar-refractivity contribution in [2.75, 3.05) is 0 Å². The molecule has 0 aromatic carbocycles. The predicted octanol–water partition coefficient (Wildman–Crippen LogP) is -0.649. The average molecular weight is 204 g/mol. The summed E-state index contributed by atoms with van der Waals surface area (Å²) in [7, 11) is 0. The Hall–Kier alpha value is 1.16. The van der Waals surface area contributed by atoms with Crippen LogP contribution in [0.5, 0.6) is 0 Å². The van der Waals surface area contributed by atoms with Gasteiger partial charge in [0.2, 0.25) is 0 Å². The zero-order chi connectivity index (χ0) is 8.70. The minimum absolute atomic E-state index is 0. The maximum Gasteiger partial charge on any atom is 1.00 e. The second kappa shape index (κ2) is 4.13. The largest absolute Gasteiger partial charge is 1.00 e. The minimum Gasteiger partial charge on any atom is -0.449 e. The molecule has 1 saturated carbocycles. The first-order valence-electron chi connectivity index (χ1n) is 3.56. The first-order valence-corrected chi connectivity index (χ1v) is 3.56. The number of rotatable bonds is 1. The fourth-order valence-corrected chi connectivity index (χ4v) is 1.33. The van der Waals surface area contributed by atoms with Crippen LogP contribution >= 0.6 is 0 Å². The van der Waals surface area contributed by atoms with Crippen molar-refractivity contribution >= 4 is 12.8 Å². The fraction of sp³-hybridized carbons (Fsp3) is 0.833. The standard InChI is InChI=1S/C6H9BF3O.K/c1-6(7(8,9)10)3-2-5(11)4-6;/h2-4H2,1H3;/q-1;+1. The minimum atomic E-state index is -4.85. The molecule has 1 rings (SSSR count). The second-order valence-electron chi connectivity index (χ2n) is 3.44. The third-order valence-corrected chi connectivity index (χ3v) is 2.37. The van der Waals surface area contributed by atoms with Gasteiger partial charge in [0.25, 0.3) is 0 Å². The summed E-state index contributed by atoms with van der Waals surface area (Å²) in [5.74, 6) is -0.258. The molecule has 12 heavy (non-hydrogen) atoms. The van der Waals surface area contributed by atoms with Gasteiger partial charge in [0.1, 0.15) is 5.78 Å². The molecule has 0 aromatic rings. The summed E-state index contributed by atoms with van der Waals surface area (Å²) in [6.45, 7) is -3.71. The Morgan fingerprint density at radius 2 is 1.92 bits per heavy atom. The number of hydrogen-bond acceptors (Lipinski definition) is 1. The van der Waals surface area contributed by atoms with Crippen LogP contribution in [0.3, 0.4) is 0 Å². The quantitative estimate of drug-likeness (QED) is 0.519. The Morgan fingerprint density at radius 1 is 1.42 bits per heavy atom. The van der Waals surface area contributed by atoms with Crippen LogP contribution < -0.4 is 51.4 Å². The molecule has 0 amide bonds. The number of halogens is 3. The van der Waals surface area contributed by atoms with Crippen molar-refractivity contribution in [3.63, 3.8) is 0 Å². The van der Waals surface area contributed by atoms with Crippen LogP contribution in [-0.2, 0) is 4.79 Å². The molecule has 0 spiro atoms. The molecule has 0 bridgehead atoms. The van der Waals surface area contributed by atoms with Gasteiger partial charge in [0, 0.05) is 6.42 Å². The Labute approximate surface area is 112 Å². The molecular weight excluding hydrogens is 195 g/mol. The van der Waals surface area contributed by atoms with Crippen LogP contribution in [0.4, 0.5) is 12.9 Å². The van der Waals surface area contributed by atoms with Crippen molar-refractivity contribution < 1.29 is 69.1 Å². The SMILES string of the molecule is CC1([B-](F)(F)F)CCC(=O)C1.[K+]. The number of carbonyl (C=O) groups is 1. The predicted molar refractivity (Wildman–Crippen MR) is 36.3 cm³/mol. The first-order chi connectivity index (χ1) is 4.85. The molecule has 0 heterocycles. The van der Waals surface area contributed by atoms with Gasteiger partial charge in [-0.25, -0.2) is 0 Å². The monoisotopic (exact) mass is 204 g/mol. The van der Waals surface area contributed by atoms with E-state index in [1.165, 1.54) is 0 Å². The third kappa shape index (κ3) is 2.57. The number of hydrogen-bond donors (Lipinski definition) is 0. The van der Waals surface area contributed by atoms with Gasteiger partial charge in [-0.05, 0) is 6.42 Å². The molecule has 1 aliphatic carbocycles. The molecular formula is C6H9BF3KO. The van der Waals surface area contributed by atoms with E-state index in [9.17, 15) is 17.7 Å². The molecule has 64 valence electrons. The molecule has 1 aliphatic rings. The molecule has 1 unspecified atom stereocenters. The summed E-state index contributed by atoms with van der Waals surface area (Å²) in [6.07, 6.45) is -0.233. The van der Waals surface area contributed by atoms with E-state index in [2.05, 4.69) is 0 Å². The Balaban J connectivity index is 0.00000121. The normalized spacial score (nSPS) is 30.2. The van der Waals surface area contributed by atoms with E-state index in [4.69, 9.17) is 0 Å². The third-order valence-electron chi connectivity index (χ3n) is 2.37. The zero-order valence-electron chi connectivity index (χ0n) is 7.24. The van der Waals surface area contributed by atoms with Crippen molar-refractivity contribution in [1.29, 1.82) is 0 Å². The summed E-state index contributed by atoms with van der Waals surface area (Å²) < 4.78 is 36.7. The van der Waals surface area contributed by atoms with Gasteiger partial charge in [-0.3, -0.25) is 4.79 Å². The van der Waals surface area contributed by atoms with Crippen molar-refractivity contribution in [1.82, 2.24) is 0 Å². The van der Waals surface area contributed by atoms with Crippen molar-refractivity contribution in [3.05, 3.63) is 0 Å². The molecule has 0 aliphatic heterocycles. The topological polar surface area (TPSA) is 17.1 Å². The summed E-state index contributed by atoms with van der Waals surface area (Å²) in [6, 6.07) is 0. The van der Waals surface area contributed by atoms with E-state index in [0.717, 1.165) is 6.92 Å². The van der Waals surface area contributed by atoms with E-state index >= 15 is 0 Å². The Kier molecular flexibility index (Phi) is 4.53. The van der Waals surface area contributed by atoms with Gasteiger partial charge in [-0.15, -0.1) is 0 Å². The number of Topliss-reactive ketones (excluding diaryl/α,β-unsaturated/α-hetero) is 1. The maximum atomic E-state index is 12.2. The Morgan fingerprint density at radius 3 is 2.08 bits per heavy atom. The molecule has 0 N–H and O–H groups in total. The van der Waals surface area contributed by atoms with Gasteiger partial charge in [0.15, 0.2) is 0 Å². The summed E-state index contributed by atoms with van der Waals surface area (Å²) in [4.78, 5) is 10.6. The number of carbonyl (C=O) groups excluding carboxylic acids is 1. The molecule has 1 atom stereocenters. The van der Waals surface area contributed by atoms with Crippen LogP contribution in [0.15, 0.2) is 0 Å². The van der Waals surface area contributed by atoms with E-state index < -0.39 is 12.3 Å². The summed E-state index contributed by atoms with van der Waals surface area (Å²) in [5, 5.41) is -1.68. The summed E-state index contributed by atoms with van der Waals surface area (Å²) >= 11 is 0. The Bertz CT molecular complexity index is 194. The smallest absolute Gasteiger partial charge is 0.449 e. The zero-order valence-corrected chi connectivity index (χ0v) is 10.4. The molecule has 1 fully saturated rings. The van der Waals surface area contributed by atoms with Crippen molar-refractivity contribution in [3.8, 4) is 0 Å². The van der Waals surface area contributed by atoms with Gasteiger partial charge in [-0.2, -0.15) is 0 Å². The van der Waals surface area contributed by atoms with Crippen LogP contribution in [-0.4, -0.2) is 12.8 Å².